The van der Waals surface area contributed by atoms with Crippen LogP contribution in [0.1, 0.15) is 20.3 Å². The number of nitro groups is 1. The Balaban J connectivity index is 2.54. The van der Waals surface area contributed by atoms with Crippen molar-refractivity contribution in [2.75, 3.05) is 37.2 Å². The van der Waals surface area contributed by atoms with E-state index < -0.39 is 4.92 Å². The van der Waals surface area contributed by atoms with Gasteiger partial charge in [0.1, 0.15) is 11.4 Å². The minimum Gasteiger partial charge on any atom is -0.393 e. The van der Waals surface area contributed by atoms with Gasteiger partial charge in [-0.1, -0.05) is 19.9 Å². The Kier molecular flexibility index (Phi) is 6.08. The highest BCUT2D eigenvalue weighted by Crippen LogP contribution is 2.30. The van der Waals surface area contributed by atoms with Crippen molar-refractivity contribution in [1.29, 1.82) is 0 Å². The highest BCUT2D eigenvalue weighted by molar-refractivity contribution is 5.74. The standard InChI is InChI=1S/C13H22N4O2/c1-3-16(4-2)10-6-9-15-12-8-5-7-11(14)13(12)17(18)19/h5,7-8,15H,3-4,6,9-10,14H2,1-2H3. The van der Waals surface area contributed by atoms with E-state index in [0.29, 0.717) is 12.2 Å². The molecule has 0 aliphatic heterocycles. The van der Waals surface area contributed by atoms with Crippen LogP contribution < -0.4 is 11.1 Å². The van der Waals surface area contributed by atoms with Gasteiger partial charge < -0.3 is 16.0 Å². The van der Waals surface area contributed by atoms with Gasteiger partial charge in [-0.15, -0.1) is 0 Å². The van der Waals surface area contributed by atoms with Crippen LogP contribution in [0.5, 0.6) is 0 Å². The van der Waals surface area contributed by atoms with Crippen LogP contribution in [0.4, 0.5) is 17.1 Å². The van der Waals surface area contributed by atoms with Gasteiger partial charge >= 0.3 is 5.69 Å². The molecule has 0 aliphatic rings. The van der Waals surface area contributed by atoms with E-state index in [1.807, 2.05) is 0 Å². The fraction of sp³-hybridized carbons (Fsp3) is 0.538. The first-order valence-corrected chi connectivity index (χ1v) is 6.59. The van der Waals surface area contributed by atoms with Crippen molar-refractivity contribution in [2.45, 2.75) is 20.3 Å². The van der Waals surface area contributed by atoms with Crippen LogP contribution in [0.15, 0.2) is 18.2 Å². The van der Waals surface area contributed by atoms with Gasteiger partial charge in [-0.25, -0.2) is 0 Å². The van der Waals surface area contributed by atoms with E-state index >= 15 is 0 Å². The van der Waals surface area contributed by atoms with Crippen LogP contribution >= 0.6 is 0 Å². The molecule has 3 N–H and O–H groups in total. The Hall–Kier alpha value is -1.82. The van der Waals surface area contributed by atoms with E-state index in [-0.39, 0.29) is 11.4 Å². The average molecular weight is 266 g/mol. The Labute approximate surface area is 113 Å². The van der Waals surface area contributed by atoms with E-state index in [4.69, 9.17) is 5.73 Å². The van der Waals surface area contributed by atoms with Gasteiger partial charge in [-0.05, 0) is 38.2 Å². The fourth-order valence-electron chi connectivity index (χ4n) is 1.97. The Bertz CT molecular complexity index is 419. The average Bonchev–Trinajstić information content (AvgIpc) is 2.38. The number of nitrogens with zero attached hydrogens (tertiary/aromatic N) is 2. The van der Waals surface area contributed by atoms with Crippen LogP contribution in [0.2, 0.25) is 0 Å². The summed E-state index contributed by atoms with van der Waals surface area (Å²) in [7, 11) is 0. The molecule has 0 unspecified atom stereocenters. The summed E-state index contributed by atoms with van der Waals surface area (Å²) >= 11 is 0. The third-order valence-corrected chi connectivity index (χ3v) is 3.11. The topological polar surface area (TPSA) is 84.4 Å². The smallest absolute Gasteiger partial charge is 0.314 e. The molecule has 0 amide bonds. The number of nitrogens with one attached hydrogen (secondary N) is 1. The molecule has 0 atom stereocenters. The first-order valence-electron chi connectivity index (χ1n) is 6.59. The second-order valence-corrected chi connectivity index (χ2v) is 4.31. The van der Waals surface area contributed by atoms with E-state index in [2.05, 4.69) is 24.1 Å². The van der Waals surface area contributed by atoms with Gasteiger partial charge in [0, 0.05) is 6.54 Å². The van der Waals surface area contributed by atoms with Gasteiger partial charge in [0.15, 0.2) is 0 Å². The van der Waals surface area contributed by atoms with Crippen LogP contribution in [0.25, 0.3) is 0 Å². The molecule has 6 heteroatoms. The summed E-state index contributed by atoms with van der Waals surface area (Å²) in [6, 6.07) is 4.94. The second-order valence-electron chi connectivity index (χ2n) is 4.31. The molecule has 19 heavy (non-hydrogen) atoms. The third-order valence-electron chi connectivity index (χ3n) is 3.11. The molecule has 1 aromatic rings. The SMILES string of the molecule is CCN(CC)CCCNc1cccc(N)c1[N+](=O)[O-]. The quantitative estimate of drug-likeness (QED) is 0.326. The van der Waals surface area contributed by atoms with Gasteiger partial charge in [0.2, 0.25) is 0 Å². The zero-order valence-electron chi connectivity index (χ0n) is 11.6. The van der Waals surface area contributed by atoms with Crippen molar-refractivity contribution in [3.8, 4) is 0 Å². The van der Waals surface area contributed by atoms with Crippen molar-refractivity contribution < 1.29 is 4.92 Å². The number of hydrogen-bond acceptors (Lipinski definition) is 5. The molecule has 0 aliphatic carbocycles. The summed E-state index contributed by atoms with van der Waals surface area (Å²) in [5.74, 6) is 0. The summed E-state index contributed by atoms with van der Waals surface area (Å²) in [6.45, 7) is 7.97. The van der Waals surface area contributed by atoms with Crippen LogP contribution in [0, 0.1) is 10.1 Å². The fourth-order valence-corrected chi connectivity index (χ4v) is 1.97. The molecule has 1 rings (SSSR count). The molecule has 106 valence electrons. The molecule has 0 aromatic heterocycles. The lowest BCUT2D eigenvalue weighted by Crippen LogP contribution is -2.25. The van der Waals surface area contributed by atoms with Gasteiger partial charge in [0.05, 0.1) is 4.92 Å². The highest BCUT2D eigenvalue weighted by atomic mass is 16.6. The van der Waals surface area contributed by atoms with E-state index in [1.165, 1.54) is 0 Å². The molecular formula is C13H22N4O2. The van der Waals surface area contributed by atoms with E-state index in [1.54, 1.807) is 18.2 Å². The summed E-state index contributed by atoms with van der Waals surface area (Å²) in [5.41, 5.74) is 6.27. The monoisotopic (exact) mass is 266 g/mol. The number of anilines is 2. The Morgan fingerprint density at radius 2 is 2.05 bits per heavy atom. The first kappa shape index (κ1) is 15.2. The van der Waals surface area contributed by atoms with Crippen molar-refractivity contribution in [2.24, 2.45) is 0 Å². The maximum atomic E-state index is 11.0. The van der Waals surface area contributed by atoms with Gasteiger partial charge in [-0.2, -0.15) is 0 Å². The third kappa shape index (κ3) is 4.40. The number of nitrogens with two attached hydrogens (primary N) is 1. The minimum atomic E-state index is -0.442. The number of hydrogen-bond donors (Lipinski definition) is 2. The van der Waals surface area contributed by atoms with Crippen molar-refractivity contribution in [1.82, 2.24) is 4.90 Å². The molecule has 0 saturated carbocycles. The number of benzene rings is 1. The summed E-state index contributed by atoms with van der Waals surface area (Å²) in [4.78, 5) is 12.8. The summed E-state index contributed by atoms with van der Waals surface area (Å²) in [6.07, 6.45) is 0.938. The molecule has 0 spiro atoms. The zero-order valence-corrected chi connectivity index (χ0v) is 11.6. The lowest BCUT2D eigenvalue weighted by atomic mass is 10.2. The largest absolute Gasteiger partial charge is 0.393 e. The van der Waals surface area contributed by atoms with Crippen LogP contribution in [-0.2, 0) is 0 Å². The lowest BCUT2D eigenvalue weighted by molar-refractivity contribution is -0.383. The Morgan fingerprint density at radius 1 is 1.37 bits per heavy atom. The molecule has 0 saturated heterocycles. The molecule has 0 fully saturated rings. The molecular weight excluding hydrogens is 244 g/mol. The summed E-state index contributed by atoms with van der Waals surface area (Å²) in [5, 5.41) is 14.0. The molecule has 0 heterocycles. The Morgan fingerprint density at radius 3 is 2.63 bits per heavy atom. The predicted molar refractivity (Wildman–Crippen MR) is 78.4 cm³/mol. The van der Waals surface area contributed by atoms with Gasteiger partial charge in [0.25, 0.3) is 0 Å². The zero-order chi connectivity index (χ0) is 14.3. The van der Waals surface area contributed by atoms with Crippen LogP contribution in [-0.4, -0.2) is 36.0 Å². The van der Waals surface area contributed by atoms with Crippen LogP contribution in [0.3, 0.4) is 0 Å². The van der Waals surface area contributed by atoms with E-state index in [9.17, 15) is 10.1 Å². The maximum absolute atomic E-state index is 11.0. The van der Waals surface area contributed by atoms with Gasteiger partial charge in [-0.3, -0.25) is 10.1 Å². The predicted octanol–water partition coefficient (Wildman–Crippen LogP) is 2.32. The molecule has 0 radical (unpaired) electrons. The van der Waals surface area contributed by atoms with Crippen molar-refractivity contribution >= 4 is 17.1 Å². The minimum absolute atomic E-state index is 0.0367. The molecule has 6 nitrogen and oxygen atoms in total. The highest BCUT2D eigenvalue weighted by Gasteiger charge is 2.16. The van der Waals surface area contributed by atoms with Crippen molar-refractivity contribution in [3.63, 3.8) is 0 Å². The molecule has 1 aromatic carbocycles. The number of para-hydroxylation sites is 1. The second kappa shape index (κ2) is 7.58. The normalized spacial score (nSPS) is 10.7. The maximum Gasteiger partial charge on any atom is 0.314 e. The number of nitrogen functional groups attached to an aromatic ring is 1. The molecule has 0 bridgehead atoms. The summed E-state index contributed by atoms with van der Waals surface area (Å²) < 4.78 is 0. The van der Waals surface area contributed by atoms with E-state index in [0.717, 1.165) is 26.1 Å². The van der Waals surface area contributed by atoms with Crippen molar-refractivity contribution in [3.05, 3.63) is 28.3 Å². The number of nitro benzene ring substituents is 1. The number of rotatable bonds is 8. The lowest BCUT2D eigenvalue weighted by Gasteiger charge is -2.18. The first-order chi connectivity index (χ1) is 9.10.